The number of halogens is 1. The van der Waals surface area contributed by atoms with Crippen molar-refractivity contribution in [3.05, 3.63) is 59.5 Å². The number of rotatable bonds is 11. The fourth-order valence-electron chi connectivity index (χ4n) is 4.12. The van der Waals surface area contributed by atoms with E-state index < -0.39 is 35.0 Å². The molecule has 0 aromatic rings. The van der Waals surface area contributed by atoms with E-state index in [4.69, 9.17) is 21.1 Å². The van der Waals surface area contributed by atoms with Crippen LogP contribution in [0.5, 0.6) is 0 Å². The Morgan fingerprint density at radius 2 is 2.00 bits per heavy atom. The summed E-state index contributed by atoms with van der Waals surface area (Å²) in [6.45, 7) is 9.25. The maximum absolute atomic E-state index is 12.7. The summed E-state index contributed by atoms with van der Waals surface area (Å²) in [6.07, 6.45) is 13.8. The van der Waals surface area contributed by atoms with Crippen molar-refractivity contribution < 1.29 is 29.0 Å². The van der Waals surface area contributed by atoms with Crippen molar-refractivity contribution in [1.29, 1.82) is 0 Å². The molecule has 2 rings (SSSR count). The molecule has 0 aromatic carbocycles. The Bertz CT molecular complexity index is 1130. The van der Waals surface area contributed by atoms with Crippen LogP contribution < -0.4 is 10.6 Å². The van der Waals surface area contributed by atoms with Gasteiger partial charge in [0.1, 0.15) is 11.6 Å². The number of amides is 2. The second-order valence-corrected chi connectivity index (χ2v) is 11.4. The molecule has 2 aliphatic rings. The smallest absolute Gasteiger partial charge is 0.373 e. The number of fused-ring (bicyclic) bond motifs is 1. The van der Waals surface area contributed by atoms with Crippen LogP contribution in [0.15, 0.2) is 59.5 Å². The molecule has 5 atom stereocenters. The van der Waals surface area contributed by atoms with Gasteiger partial charge in [0.15, 0.2) is 0 Å². The minimum absolute atomic E-state index is 0.0299. The first-order chi connectivity index (χ1) is 18.3. The van der Waals surface area contributed by atoms with Crippen LogP contribution in [0.2, 0.25) is 0 Å². The summed E-state index contributed by atoms with van der Waals surface area (Å²) < 4.78 is 10.6. The normalized spacial score (nSPS) is 23.3. The molecule has 0 radical (unpaired) electrons. The molecule has 0 bridgehead atoms. The summed E-state index contributed by atoms with van der Waals surface area (Å²) in [4.78, 5) is 37.1. The van der Waals surface area contributed by atoms with Crippen molar-refractivity contribution in [1.82, 2.24) is 10.6 Å². The largest absolute Gasteiger partial charge is 0.490 e. The van der Waals surface area contributed by atoms with E-state index in [2.05, 4.69) is 22.5 Å². The SMILES string of the molecule is COC1=CC2CC2([C@@H](C)/C=C\C#C/C=C/C(=O)N[C@H](C(=O)N/C=C\C[C@@H](O)C/C=C(\C)Cl)C(C)(C)C)OC1=O. The lowest BCUT2D eigenvalue weighted by Crippen LogP contribution is -2.52. The molecule has 2 unspecified atom stereocenters. The van der Waals surface area contributed by atoms with Gasteiger partial charge in [-0.2, -0.15) is 0 Å². The highest BCUT2D eigenvalue weighted by Crippen LogP contribution is 2.56. The van der Waals surface area contributed by atoms with Crippen LogP contribution in [0, 0.1) is 29.1 Å². The standard InChI is InChI=1S/C30H39ClN2O6/c1-20(30-19-22(30)18-24(38-6)28(37)39-30)12-9-7-8-10-14-25(35)33-26(29(3,4)5)27(36)32-17-11-13-23(34)16-15-21(2)31/h9-12,14-15,17-18,20,22-23,26,34H,13,16,19H2,1-6H3,(H,32,36)(H,33,35)/b12-9-,14-10+,17-11-,21-15+/t20-,22?,23+,26+,30?/m0/s1. The molecule has 9 heteroatoms. The van der Waals surface area contributed by atoms with Crippen LogP contribution in [0.4, 0.5) is 0 Å². The lowest BCUT2D eigenvalue weighted by Gasteiger charge is -2.29. The maximum Gasteiger partial charge on any atom is 0.373 e. The number of carbonyl (C=O) groups excluding carboxylic acids is 3. The zero-order valence-electron chi connectivity index (χ0n) is 23.4. The second-order valence-electron chi connectivity index (χ2n) is 10.8. The monoisotopic (exact) mass is 558 g/mol. The van der Waals surface area contributed by atoms with Crippen LogP contribution in [0.1, 0.15) is 53.9 Å². The molecular weight excluding hydrogens is 520 g/mol. The van der Waals surface area contributed by atoms with E-state index in [1.165, 1.54) is 25.5 Å². The molecule has 0 saturated heterocycles. The number of esters is 1. The fourth-order valence-corrected chi connectivity index (χ4v) is 4.21. The summed E-state index contributed by atoms with van der Waals surface area (Å²) >= 11 is 5.76. The molecule has 1 heterocycles. The quantitative estimate of drug-likeness (QED) is 0.200. The number of aliphatic hydroxyl groups excluding tert-OH is 1. The van der Waals surface area contributed by atoms with Gasteiger partial charge in [0, 0.05) is 22.9 Å². The van der Waals surface area contributed by atoms with Crippen LogP contribution in [0.3, 0.4) is 0 Å². The highest BCUT2D eigenvalue weighted by Gasteiger charge is 2.62. The van der Waals surface area contributed by atoms with Gasteiger partial charge in [-0.25, -0.2) is 4.79 Å². The average Bonchev–Trinajstić information content (AvgIpc) is 3.58. The van der Waals surface area contributed by atoms with Crippen LogP contribution in [-0.4, -0.2) is 47.7 Å². The number of ether oxygens (including phenoxy) is 2. The topological polar surface area (TPSA) is 114 Å². The summed E-state index contributed by atoms with van der Waals surface area (Å²) in [5.41, 5.74) is -1.08. The number of nitrogens with one attached hydrogen (secondary N) is 2. The average molecular weight is 559 g/mol. The van der Waals surface area contributed by atoms with Crippen molar-refractivity contribution in [2.24, 2.45) is 17.3 Å². The van der Waals surface area contributed by atoms with Gasteiger partial charge >= 0.3 is 5.97 Å². The van der Waals surface area contributed by atoms with Crippen molar-refractivity contribution in [3.8, 4) is 11.8 Å². The Morgan fingerprint density at radius 3 is 2.64 bits per heavy atom. The summed E-state index contributed by atoms with van der Waals surface area (Å²) in [6, 6.07) is -0.795. The molecule has 1 fully saturated rings. The van der Waals surface area contributed by atoms with E-state index in [-0.39, 0.29) is 23.5 Å². The summed E-state index contributed by atoms with van der Waals surface area (Å²) in [5.74, 6) is 4.70. The first kappa shape index (κ1) is 31.9. The molecule has 39 heavy (non-hydrogen) atoms. The number of hydrogen-bond donors (Lipinski definition) is 3. The van der Waals surface area contributed by atoms with Gasteiger partial charge in [-0.05, 0) is 56.0 Å². The third-order valence-electron chi connectivity index (χ3n) is 6.54. The lowest BCUT2D eigenvalue weighted by molar-refractivity contribution is -0.154. The number of carbonyl (C=O) groups is 3. The molecule has 8 nitrogen and oxygen atoms in total. The van der Waals surface area contributed by atoms with Gasteiger partial charge in [0.05, 0.1) is 13.2 Å². The Morgan fingerprint density at radius 1 is 1.31 bits per heavy atom. The number of allylic oxidation sites excluding steroid dienone is 3. The predicted octanol–water partition coefficient (Wildman–Crippen LogP) is 4.03. The summed E-state index contributed by atoms with van der Waals surface area (Å²) in [7, 11) is 1.45. The molecule has 1 saturated carbocycles. The fraction of sp³-hybridized carbons (Fsp3) is 0.500. The number of hydrogen-bond acceptors (Lipinski definition) is 6. The predicted molar refractivity (Wildman–Crippen MR) is 151 cm³/mol. The number of aliphatic hydroxyl groups is 1. The summed E-state index contributed by atoms with van der Waals surface area (Å²) in [5, 5.41) is 15.9. The van der Waals surface area contributed by atoms with Crippen molar-refractivity contribution in [3.63, 3.8) is 0 Å². The van der Waals surface area contributed by atoms with Gasteiger partial charge in [-0.1, -0.05) is 69.4 Å². The van der Waals surface area contributed by atoms with Crippen molar-refractivity contribution in [2.45, 2.75) is 71.6 Å². The Labute approximate surface area is 236 Å². The molecule has 1 aliphatic carbocycles. The maximum atomic E-state index is 12.7. The van der Waals surface area contributed by atoms with Crippen LogP contribution >= 0.6 is 11.6 Å². The van der Waals surface area contributed by atoms with Gasteiger partial charge < -0.3 is 25.2 Å². The van der Waals surface area contributed by atoms with E-state index in [1.54, 1.807) is 25.2 Å². The first-order valence-corrected chi connectivity index (χ1v) is 13.3. The second kappa shape index (κ2) is 14.2. The molecule has 2 amide bonds. The molecule has 3 N–H and O–H groups in total. The van der Waals surface area contributed by atoms with Gasteiger partial charge in [0.25, 0.3) is 0 Å². The molecule has 212 valence electrons. The highest BCUT2D eigenvalue weighted by molar-refractivity contribution is 6.29. The van der Waals surface area contributed by atoms with Crippen molar-refractivity contribution in [2.75, 3.05) is 7.11 Å². The molecule has 1 aliphatic heterocycles. The zero-order chi connectivity index (χ0) is 29.2. The Hall–Kier alpha value is -3.28. The number of methoxy groups -OCH3 is 1. The Balaban J connectivity index is 1.85. The van der Waals surface area contributed by atoms with E-state index in [1.807, 2.05) is 39.8 Å². The van der Waals surface area contributed by atoms with Gasteiger partial charge in [-0.15, -0.1) is 0 Å². The zero-order valence-corrected chi connectivity index (χ0v) is 24.2. The van der Waals surface area contributed by atoms with Crippen molar-refractivity contribution >= 4 is 29.4 Å². The molecular formula is C30H39ClN2O6. The minimum Gasteiger partial charge on any atom is -0.490 e. The minimum atomic E-state index is -0.795. The van der Waals surface area contributed by atoms with Crippen LogP contribution in [0.25, 0.3) is 0 Å². The lowest BCUT2D eigenvalue weighted by atomic mass is 9.86. The van der Waals surface area contributed by atoms with Gasteiger partial charge in [0.2, 0.25) is 17.6 Å². The highest BCUT2D eigenvalue weighted by atomic mass is 35.5. The van der Waals surface area contributed by atoms with E-state index in [0.717, 1.165) is 6.42 Å². The van der Waals surface area contributed by atoms with Crippen LogP contribution in [-0.2, 0) is 23.9 Å². The van der Waals surface area contributed by atoms with E-state index in [0.29, 0.717) is 17.9 Å². The first-order valence-electron chi connectivity index (χ1n) is 12.9. The van der Waals surface area contributed by atoms with Gasteiger partial charge in [-0.3, -0.25) is 9.59 Å². The van der Waals surface area contributed by atoms with E-state index >= 15 is 0 Å². The van der Waals surface area contributed by atoms with E-state index in [9.17, 15) is 19.5 Å². The molecule has 0 aromatic heterocycles. The third-order valence-corrected chi connectivity index (χ3v) is 6.70. The molecule has 0 spiro atoms. The third kappa shape index (κ3) is 9.76. The Kier molecular flexibility index (Phi) is 11.6.